The summed E-state index contributed by atoms with van der Waals surface area (Å²) in [5.74, 6) is 0.465. The van der Waals surface area contributed by atoms with Gasteiger partial charge in [0.25, 0.3) is 5.91 Å². The van der Waals surface area contributed by atoms with Crippen LogP contribution < -0.4 is 5.32 Å². The van der Waals surface area contributed by atoms with Gasteiger partial charge in [0, 0.05) is 17.8 Å². The summed E-state index contributed by atoms with van der Waals surface area (Å²) in [5, 5.41) is 5.16. The first kappa shape index (κ1) is 20.3. The van der Waals surface area contributed by atoms with E-state index in [1.54, 1.807) is 11.8 Å². The number of rotatable bonds is 5. The predicted octanol–water partition coefficient (Wildman–Crippen LogP) is 5.87. The molecule has 158 valence electrons. The van der Waals surface area contributed by atoms with E-state index < -0.39 is 0 Å². The third-order valence-corrected chi connectivity index (χ3v) is 6.89. The number of carbonyl (C=O) groups is 2. The standard InChI is InChI=1S/C27H22N2O2S/c30-25-18-32-27(29(25)17-19-6-2-1-3-7-19)22-12-10-21(11-13-22)26(31)28-24-15-14-20-8-4-5-9-23(20)16-24/h1-16,27H,17-18H2,(H,28,31)/t27-/m0/s1. The Bertz CT molecular complexity index is 1270. The van der Waals surface area contributed by atoms with Gasteiger partial charge >= 0.3 is 0 Å². The molecule has 4 nitrogen and oxygen atoms in total. The third kappa shape index (κ3) is 4.25. The molecule has 0 spiro atoms. The molecule has 32 heavy (non-hydrogen) atoms. The molecule has 2 amide bonds. The molecule has 5 heteroatoms. The maximum atomic E-state index is 12.8. The Hall–Kier alpha value is -3.57. The first-order valence-electron chi connectivity index (χ1n) is 10.5. The molecule has 1 N–H and O–H groups in total. The van der Waals surface area contributed by atoms with Gasteiger partial charge in [-0.15, -0.1) is 11.8 Å². The molecule has 1 aliphatic rings. The second-order valence-electron chi connectivity index (χ2n) is 7.81. The lowest BCUT2D eigenvalue weighted by Gasteiger charge is -2.24. The van der Waals surface area contributed by atoms with Gasteiger partial charge in [0.2, 0.25) is 5.91 Å². The molecular weight excluding hydrogens is 416 g/mol. The Morgan fingerprint density at radius 2 is 1.59 bits per heavy atom. The van der Waals surface area contributed by atoms with E-state index in [0.29, 0.717) is 17.9 Å². The SMILES string of the molecule is O=C(Nc1ccc2ccccc2c1)c1ccc([C@@H]2SCC(=O)N2Cc2ccccc2)cc1. The first-order valence-corrected chi connectivity index (χ1v) is 11.6. The zero-order valence-electron chi connectivity index (χ0n) is 17.4. The van der Waals surface area contributed by atoms with Crippen molar-refractivity contribution in [3.8, 4) is 0 Å². The maximum Gasteiger partial charge on any atom is 0.255 e. The van der Waals surface area contributed by atoms with E-state index in [1.807, 2.05) is 102 Å². The molecule has 1 fully saturated rings. The van der Waals surface area contributed by atoms with Crippen LogP contribution in [0.5, 0.6) is 0 Å². The number of nitrogens with zero attached hydrogens (tertiary/aromatic N) is 1. The van der Waals surface area contributed by atoms with Crippen molar-refractivity contribution in [2.75, 3.05) is 11.1 Å². The highest BCUT2D eigenvalue weighted by Gasteiger charge is 2.32. The van der Waals surface area contributed by atoms with Gasteiger partial charge in [-0.3, -0.25) is 9.59 Å². The molecule has 0 saturated carbocycles. The van der Waals surface area contributed by atoms with Crippen molar-refractivity contribution in [2.24, 2.45) is 0 Å². The molecule has 0 aromatic heterocycles. The van der Waals surface area contributed by atoms with Crippen LogP contribution in [0.25, 0.3) is 10.8 Å². The summed E-state index contributed by atoms with van der Waals surface area (Å²) in [6, 6.07) is 31.5. The van der Waals surface area contributed by atoms with Crippen LogP contribution in [-0.4, -0.2) is 22.5 Å². The fourth-order valence-corrected chi connectivity index (χ4v) is 5.14. The smallest absolute Gasteiger partial charge is 0.255 e. The summed E-state index contributed by atoms with van der Waals surface area (Å²) >= 11 is 1.62. The van der Waals surface area contributed by atoms with E-state index in [0.717, 1.165) is 27.6 Å². The molecule has 0 aliphatic carbocycles. The van der Waals surface area contributed by atoms with Crippen molar-refractivity contribution >= 4 is 40.0 Å². The van der Waals surface area contributed by atoms with E-state index in [2.05, 4.69) is 5.32 Å². The topological polar surface area (TPSA) is 49.4 Å². The van der Waals surface area contributed by atoms with Gasteiger partial charge in [-0.05, 0) is 46.2 Å². The van der Waals surface area contributed by atoms with Crippen molar-refractivity contribution in [2.45, 2.75) is 11.9 Å². The van der Waals surface area contributed by atoms with Gasteiger partial charge in [-0.1, -0.05) is 72.8 Å². The summed E-state index contributed by atoms with van der Waals surface area (Å²) in [7, 11) is 0. The summed E-state index contributed by atoms with van der Waals surface area (Å²) in [6.45, 7) is 0.585. The van der Waals surface area contributed by atoms with Crippen LogP contribution in [0.4, 0.5) is 5.69 Å². The average Bonchev–Trinajstić information content (AvgIpc) is 3.19. The number of carbonyl (C=O) groups excluding carboxylic acids is 2. The van der Waals surface area contributed by atoms with Crippen LogP contribution >= 0.6 is 11.8 Å². The number of hydrogen-bond donors (Lipinski definition) is 1. The largest absolute Gasteiger partial charge is 0.322 e. The number of hydrogen-bond acceptors (Lipinski definition) is 3. The lowest BCUT2D eigenvalue weighted by atomic mass is 10.1. The number of amides is 2. The van der Waals surface area contributed by atoms with E-state index in [4.69, 9.17) is 0 Å². The molecule has 1 atom stereocenters. The van der Waals surface area contributed by atoms with Crippen LogP contribution in [0.1, 0.15) is 26.9 Å². The molecule has 5 rings (SSSR count). The number of benzene rings is 4. The second-order valence-corrected chi connectivity index (χ2v) is 8.88. The lowest BCUT2D eigenvalue weighted by molar-refractivity contribution is -0.128. The molecule has 4 aromatic rings. The van der Waals surface area contributed by atoms with Crippen LogP contribution in [-0.2, 0) is 11.3 Å². The van der Waals surface area contributed by atoms with Crippen molar-refractivity contribution in [1.29, 1.82) is 0 Å². The number of anilines is 1. The molecule has 1 heterocycles. The summed E-state index contributed by atoms with van der Waals surface area (Å²) < 4.78 is 0. The average molecular weight is 439 g/mol. The molecular formula is C27H22N2O2S. The Morgan fingerprint density at radius 3 is 2.38 bits per heavy atom. The highest BCUT2D eigenvalue weighted by Crippen LogP contribution is 2.39. The van der Waals surface area contributed by atoms with Gasteiger partial charge < -0.3 is 10.2 Å². The third-order valence-electron chi connectivity index (χ3n) is 5.63. The fraction of sp³-hybridized carbons (Fsp3) is 0.111. The zero-order chi connectivity index (χ0) is 21.9. The molecule has 0 unspecified atom stereocenters. The monoisotopic (exact) mass is 438 g/mol. The van der Waals surface area contributed by atoms with Gasteiger partial charge in [0.15, 0.2) is 0 Å². The molecule has 0 bridgehead atoms. The fourth-order valence-electron chi connectivity index (χ4n) is 3.95. The normalized spacial score (nSPS) is 15.8. The molecule has 1 saturated heterocycles. The minimum absolute atomic E-state index is 0.0414. The van der Waals surface area contributed by atoms with E-state index in [-0.39, 0.29) is 17.2 Å². The summed E-state index contributed by atoms with van der Waals surface area (Å²) in [6.07, 6.45) is 0. The van der Waals surface area contributed by atoms with Gasteiger partial charge in [-0.25, -0.2) is 0 Å². The van der Waals surface area contributed by atoms with Crippen LogP contribution in [0.15, 0.2) is 97.1 Å². The van der Waals surface area contributed by atoms with E-state index in [9.17, 15) is 9.59 Å². The van der Waals surface area contributed by atoms with Crippen LogP contribution in [0.3, 0.4) is 0 Å². The first-order chi connectivity index (χ1) is 15.7. The Kier molecular flexibility index (Phi) is 5.65. The highest BCUT2D eigenvalue weighted by molar-refractivity contribution is 8.00. The second kappa shape index (κ2) is 8.89. The van der Waals surface area contributed by atoms with Gasteiger partial charge in [-0.2, -0.15) is 0 Å². The van der Waals surface area contributed by atoms with E-state index in [1.165, 1.54) is 0 Å². The Balaban J connectivity index is 1.30. The zero-order valence-corrected chi connectivity index (χ0v) is 18.2. The van der Waals surface area contributed by atoms with Gasteiger partial charge in [0.05, 0.1) is 5.75 Å². The minimum Gasteiger partial charge on any atom is -0.322 e. The maximum absolute atomic E-state index is 12.8. The summed E-state index contributed by atoms with van der Waals surface area (Å²) in [5.41, 5.74) is 3.49. The molecule has 0 radical (unpaired) electrons. The lowest BCUT2D eigenvalue weighted by Crippen LogP contribution is -2.27. The Labute approximate surface area is 191 Å². The Morgan fingerprint density at radius 1 is 0.875 bits per heavy atom. The summed E-state index contributed by atoms with van der Waals surface area (Å²) in [4.78, 5) is 27.1. The quantitative estimate of drug-likeness (QED) is 0.424. The van der Waals surface area contributed by atoms with Crippen molar-refractivity contribution in [1.82, 2.24) is 4.90 Å². The number of nitrogens with one attached hydrogen (secondary N) is 1. The predicted molar refractivity (Wildman–Crippen MR) is 131 cm³/mol. The minimum atomic E-state index is -0.150. The number of fused-ring (bicyclic) bond motifs is 1. The van der Waals surface area contributed by atoms with Crippen molar-refractivity contribution in [3.63, 3.8) is 0 Å². The molecule has 1 aliphatic heterocycles. The number of thioether (sulfide) groups is 1. The van der Waals surface area contributed by atoms with Gasteiger partial charge in [0.1, 0.15) is 5.37 Å². The van der Waals surface area contributed by atoms with Crippen LogP contribution in [0, 0.1) is 0 Å². The van der Waals surface area contributed by atoms with Crippen molar-refractivity contribution in [3.05, 3.63) is 114 Å². The van der Waals surface area contributed by atoms with E-state index >= 15 is 0 Å². The highest BCUT2D eigenvalue weighted by atomic mass is 32.2. The molecule has 4 aromatic carbocycles. The van der Waals surface area contributed by atoms with Crippen LogP contribution in [0.2, 0.25) is 0 Å². The van der Waals surface area contributed by atoms with Crippen molar-refractivity contribution < 1.29 is 9.59 Å².